The first-order chi connectivity index (χ1) is 11.3. The maximum atomic E-state index is 12.3. The maximum absolute atomic E-state index is 12.3. The third-order valence-electron chi connectivity index (χ3n) is 3.42. The number of ether oxygens (including phenoxy) is 1. The fourth-order valence-electron chi connectivity index (χ4n) is 2.16. The largest absolute Gasteiger partial charge is 0.508 e. The lowest BCUT2D eigenvalue weighted by Crippen LogP contribution is -2.43. The summed E-state index contributed by atoms with van der Waals surface area (Å²) in [4.78, 5) is 23.1. The van der Waals surface area contributed by atoms with Gasteiger partial charge in [-0.15, -0.1) is 0 Å². The lowest BCUT2D eigenvalue weighted by atomic mass is 9.80. The van der Waals surface area contributed by atoms with E-state index in [0.29, 0.717) is 11.3 Å². The summed E-state index contributed by atoms with van der Waals surface area (Å²) in [6.45, 7) is 1.29. The Morgan fingerprint density at radius 3 is 2.58 bits per heavy atom. The van der Waals surface area contributed by atoms with Crippen molar-refractivity contribution in [3.63, 3.8) is 0 Å². The van der Waals surface area contributed by atoms with Crippen molar-refractivity contribution in [1.82, 2.24) is 0 Å². The molecule has 0 saturated carbocycles. The van der Waals surface area contributed by atoms with Gasteiger partial charge in [-0.2, -0.15) is 5.26 Å². The van der Waals surface area contributed by atoms with Crippen LogP contribution in [-0.4, -0.2) is 27.6 Å². The molecule has 0 spiro atoms. The Balaban J connectivity index is 2.14. The summed E-state index contributed by atoms with van der Waals surface area (Å²) in [5, 5.41) is 28.8. The van der Waals surface area contributed by atoms with Crippen molar-refractivity contribution in [3.05, 3.63) is 59.9 Å². The second kappa shape index (κ2) is 6.94. The fraction of sp³-hybridized carbons (Fsp3) is 0.167. The van der Waals surface area contributed by atoms with Crippen LogP contribution in [0.5, 0.6) is 5.75 Å². The quantitative estimate of drug-likeness (QED) is 0.498. The standard InChI is InChI=1S/C18H15NO5/c1-12(20)24-16-5-2-13(3-6-16)4-7-17(22)18(23)9-8-15(21)10-14(18)11-19/h2-10,14,21,23H,1H3. The highest BCUT2D eigenvalue weighted by atomic mass is 16.5. The van der Waals surface area contributed by atoms with Crippen LogP contribution in [-0.2, 0) is 9.59 Å². The summed E-state index contributed by atoms with van der Waals surface area (Å²) in [5.74, 6) is -2.09. The van der Waals surface area contributed by atoms with Crippen molar-refractivity contribution in [2.75, 3.05) is 0 Å². The Morgan fingerprint density at radius 1 is 1.33 bits per heavy atom. The van der Waals surface area contributed by atoms with E-state index in [0.717, 1.165) is 18.2 Å². The molecule has 0 radical (unpaired) electrons. The van der Waals surface area contributed by atoms with Gasteiger partial charge in [0.05, 0.1) is 6.07 Å². The van der Waals surface area contributed by atoms with E-state index in [-0.39, 0.29) is 5.76 Å². The molecule has 122 valence electrons. The molecule has 0 fully saturated rings. The Labute approximate surface area is 138 Å². The molecule has 24 heavy (non-hydrogen) atoms. The number of nitrogens with zero attached hydrogens (tertiary/aromatic N) is 1. The summed E-state index contributed by atoms with van der Waals surface area (Å²) in [5.41, 5.74) is -1.37. The minimum Gasteiger partial charge on any atom is -0.508 e. The molecule has 1 aliphatic carbocycles. The van der Waals surface area contributed by atoms with E-state index in [9.17, 15) is 19.8 Å². The molecule has 2 atom stereocenters. The summed E-state index contributed by atoms with van der Waals surface area (Å²) in [7, 11) is 0. The van der Waals surface area contributed by atoms with E-state index < -0.39 is 23.3 Å². The molecule has 1 aromatic rings. The van der Waals surface area contributed by atoms with Gasteiger partial charge < -0.3 is 14.9 Å². The second-order valence-electron chi connectivity index (χ2n) is 5.22. The number of ketones is 1. The van der Waals surface area contributed by atoms with Gasteiger partial charge in [0.1, 0.15) is 17.4 Å². The highest BCUT2D eigenvalue weighted by molar-refractivity contribution is 6.02. The van der Waals surface area contributed by atoms with E-state index in [2.05, 4.69) is 0 Å². The van der Waals surface area contributed by atoms with Gasteiger partial charge >= 0.3 is 5.97 Å². The average Bonchev–Trinajstić information content (AvgIpc) is 2.55. The normalized spacial score (nSPS) is 22.7. The number of hydrogen-bond donors (Lipinski definition) is 2. The van der Waals surface area contributed by atoms with Crippen LogP contribution in [0.4, 0.5) is 0 Å². The van der Waals surface area contributed by atoms with Crippen LogP contribution in [0.25, 0.3) is 6.08 Å². The molecule has 1 aromatic carbocycles. The SMILES string of the molecule is CC(=O)Oc1ccc(C=CC(=O)C2(O)C=CC(O)=CC2C#N)cc1. The van der Waals surface area contributed by atoms with E-state index in [1.165, 1.54) is 19.1 Å². The van der Waals surface area contributed by atoms with E-state index in [4.69, 9.17) is 10.00 Å². The zero-order chi connectivity index (χ0) is 17.7. The molecule has 0 aliphatic heterocycles. The minimum atomic E-state index is -2.02. The van der Waals surface area contributed by atoms with Gasteiger partial charge in [-0.3, -0.25) is 9.59 Å². The van der Waals surface area contributed by atoms with Crippen molar-refractivity contribution in [2.45, 2.75) is 12.5 Å². The van der Waals surface area contributed by atoms with Crippen LogP contribution in [0.1, 0.15) is 12.5 Å². The van der Waals surface area contributed by atoms with E-state index in [1.807, 2.05) is 0 Å². The summed E-state index contributed by atoms with van der Waals surface area (Å²) in [6.07, 6.45) is 6.03. The minimum absolute atomic E-state index is 0.177. The van der Waals surface area contributed by atoms with Crippen LogP contribution >= 0.6 is 0 Å². The topological polar surface area (TPSA) is 108 Å². The molecule has 2 rings (SSSR count). The number of carbonyl (C=O) groups excluding carboxylic acids is 2. The Kier molecular flexibility index (Phi) is 4.97. The van der Waals surface area contributed by atoms with Gasteiger partial charge in [-0.25, -0.2) is 0 Å². The van der Waals surface area contributed by atoms with Crippen molar-refractivity contribution in [2.24, 2.45) is 5.92 Å². The van der Waals surface area contributed by atoms with E-state index >= 15 is 0 Å². The zero-order valence-electron chi connectivity index (χ0n) is 12.8. The third-order valence-corrected chi connectivity index (χ3v) is 3.42. The first kappa shape index (κ1) is 17.2. The molecular weight excluding hydrogens is 310 g/mol. The van der Waals surface area contributed by atoms with Gasteiger partial charge in [0, 0.05) is 6.92 Å². The first-order valence-electron chi connectivity index (χ1n) is 7.08. The summed E-state index contributed by atoms with van der Waals surface area (Å²) in [6, 6.07) is 8.20. The molecule has 6 nitrogen and oxygen atoms in total. The number of nitriles is 1. The molecular formula is C18H15NO5. The molecule has 0 amide bonds. The number of carbonyl (C=O) groups is 2. The Hall–Kier alpha value is -3.17. The number of aliphatic hydroxyl groups excluding tert-OH is 1. The van der Waals surface area contributed by atoms with Crippen LogP contribution in [0.15, 0.2) is 54.3 Å². The highest BCUT2D eigenvalue weighted by Crippen LogP contribution is 2.28. The lowest BCUT2D eigenvalue weighted by molar-refractivity contribution is -0.132. The molecule has 0 saturated heterocycles. The zero-order valence-corrected chi connectivity index (χ0v) is 12.8. The highest BCUT2D eigenvalue weighted by Gasteiger charge is 2.41. The average molecular weight is 325 g/mol. The number of rotatable bonds is 4. The monoisotopic (exact) mass is 325 g/mol. The third kappa shape index (κ3) is 3.77. The second-order valence-corrected chi connectivity index (χ2v) is 5.22. The van der Waals surface area contributed by atoms with Gasteiger partial charge in [0.25, 0.3) is 0 Å². The number of aliphatic hydroxyl groups is 2. The molecule has 2 unspecified atom stereocenters. The van der Waals surface area contributed by atoms with Crippen molar-refractivity contribution >= 4 is 17.8 Å². The number of allylic oxidation sites excluding steroid dienone is 1. The number of esters is 1. The summed E-state index contributed by atoms with van der Waals surface area (Å²) < 4.78 is 4.90. The van der Waals surface area contributed by atoms with Crippen molar-refractivity contribution in [3.8, 4) is 11.8 Å². The molecule has 0 heterocycles. The van der Waals surface area contributed by atoms with Crippen LogP contribution in [0.3, 0.4) is 0 Å². The fourth-order valence-corrected chi connectivity index (χ4v) is 2.16. The van der Waals surface area contributed by atoms with Crippen LogP contribution in [0.2, 0.25) is 0 Å². The van der Waals surface area contributed by atoms with Crippen molar-refractivity contribution < 1.29 is 24.5 Å². The van der Waals surface area contributed by atoms with Gasteiger partial charge in [-0.1, -0.05) is 18.2 Å². The van der Waals surface area contributed by atoms with Crippen LogP contribution < -0.4 is 4.74 Å². The molecule has 2 N–H and O–H groups in total. The van der Waals surface area contributed by atoms with Gasteiger partial charge in [0.2, 0.25) is 0 Å². The maximum Gasteiger partial charge on any atom is 0.308 e. The van der Waals surface area contributed by atoms with Gasteiger partial charge in [0.15, 0.2) is 11.4 Å². The first-order valence-corrected chi connectivity index (χ1v) is 7.08. The summed E-state index contributed by atoms with van der Waals surface area (Å²) >= 11 is 0. The van der Waals surface area contributed by atoms with Crippen LogP contribution in [0, 0.1) is 17.2 Å². The molecule has 1 aliphatic rings. The Morgan fingerprint density at radius 2 is 2.00 bits per heavy atom. The molecule has 0 bridgehead atoms. The lowest BCUT2D eigenvalue weighted by Gasteiger charge is -2.27. The smallest absolute Gasteiger partial charge is 0.308 e. The predicted octanol–water partition coefficient (Wildman–Crippen LogP) is 2.08. The Bertz CT molecular complexity index is 783. The number of benzene rings is 1. The van der Waals surface area contributed by atoms with E-state index in [1.54, 1.807) is 30.3 Å². The number of hydrogen-bond acceptors (Lipinski definition) is 6. The van der Waals surface area contributed by atoms with Gasteiger partial charge in [-0.05, 0) is 42.0 Å². The molecule has 0 aromatic heterocycles. The molecule has 6 heteroatoms. The predicted molar refractivity (Wildman–Crippen MR) is 85.7 cm³/mol. The van der Waals surface area contributed by atoms with Crippen molar-refractivity contribution in [1.29, 1.82) is 5.26 Å².